The smallest absolute Gasteiger partial charge is 0.320 e. The van der Waals surface area contributed by atoms with Gasteiger partial charge in [0.25, 0.3) is 0 Å². The molecule has 2 heterocycles. The Morgan fingerprint density at radius 1 is 1.44 bits per heavy atom. The number of nitrogens with one attached hydrogen (secondary N) is 2. The molecule has 2 amide bonds. The summed E-state index contributed by atoms with van der Waals surface area (Å²) in [4.78, 5) is 18.4. The molecule has 6 nitrogen and oxygen atoms in total. The lowest BCUT2D eigenvalue weighted by Gasteiger charge is -2.16. The van der Waals surface area contributed by atoms with Gasteiger partial charge in [-0.1, -0.05) is 0 Å². The van der Waals surface area contributed by atoms with Crippen molar-refractivity contribution in [1.82, 2.24) is 20.1 Å². The van der Waals surface area contributed by atoms with Gasteiger partial charge in [-0.05, 0) is 51.9 Å². The molecule has 2 aromatic heterocycles. The predicted molar refractivity (Wildman–Crippen MR) is 99.3 cm³/mol. The summed E-state index contributed by atoms with van der Waals surface area (Å²) in [5.74, 6) is 1.50. The van der Waals surface area contributed by atoms with E-state index < -0.39 is 0 Å². The van der Waals surface area contributed by atoms with Gasteiger partial charge in [-0.3, -0.25) is 5.32 Å². The quantitative estimate of drug-likeness (QED) is 0.829. The molecule has 0 bridgehead atoms. The Morgan fingerprint density at radius 3 is 3.04 bits per heavy atom. The van der Waals surface area contributed by atoms with Crippen LogP contribution < -0.4 is 10.6 Å². The molecule has 2 N–H and O–H groups in total. The van der Waals surface area contributed by atoms with E-state index in [-0.39, 0.29) is 6.03 Å². The van der Waals surface area contributed by atoms with E-state index in [1.807, 2.05) is 17.8 Å². The number of thiazole rings is 1. The van der Waals surface area contributed by atoms with Gasteiger partial charge in [0.05, 0.1) is 22.9 Å². The third-order valence-corrected chi connectivity index (χ3v) is 6.38. The highest BCUT2D eigenvalue weighted by molar-refractivity contribution is 7.11. The van der Waals surface area contributed by atoms with E-state index in [4.69, 9.17) is 0 Å². The molecule has 0 spiro atoms. The summed E-state index contributed by atoms with van der Waals surface area (Å²) >= 11 is 1.80. The van der Waals surface area contributed by atoms with E-state index in [0.29, 0.717) is 18.5 Å². The summed E-state index contributed by atoms with van der Waals surface area (Å²) in [7, 11) is 0. The number of rotatable bonds is 6. The third-order valence-electron chi connectivity index (χ3n) is 5.16. The van der Waals surface area contributed by atoms with Crippen molar-refractivity contribution < 1.29 is 4.79 Å². The molecular weight excluding hydrogens is 334 g/mol. The highest BCUT2D eigenvalue weighted by atomic mass is 32.1. The molecule has 2 aliphatic carbocycles. The highest BCUT2D eigenvalue weighted by Gasteiger charge is 2.31. The minimum absolute atomic E-state index is 0.169. The number of nitrogens with zero attached hydrogens (tertiary/aromatic N) is 3. The Bertz CT molecular complexity index is 755. The van der Waals surface area contributed by atoms with Crippen LogP contribution in [0.2, 0.25) is 0 Å². The average Bonchev–Trinajstić information content (AvgIpc) is 3.09. The first-order valence-electron chi connectivity index (χ1n) is 9.18. The minimum atomic E-state index is -0.169. The Balaban J connectivity index is 1.30. The number of anilines is 1. The van der Waals surface area contributed by atoms with E-state index in [0.717, 1.165) is 29.2 Å². The summed E-state index contributed by atoms with van der Waals surface area (Å²) in [5, 5.41) is 11.5. The molecule has 1 atom stereocenters. The van der Waals surface area contributed by atoms with Gasteiger partial charge < -0.3 is 5.32 Å². The first-order chi connectivity index (χ1) is 12.1. The standard InChI is InChI=1S/C18H25N5OS/c1-11-10-20-23(12(2)13-6-7-13)17(11)22-18(24)19-9-8-16-21-14-4-3-5-15(14)25-16/h10,12-13H,3-9H2,1-2H3,(H2,19,22,24)/t12-/m0/s1. The lowest BCUT2D eigenvalue weighted by molar-refractivity contribution is 0.252. The molecule has 0 unspecified atom stereocenters. The molecule has 4 rings (SSSR count). The third kappa shape index (κ3) is 3.56. The fraction of sp³-hybridized carbons (Fsp3) is 0.611. The number of fused-ring (bicyclic) bond motifs is 1. The van der Waals surface area contributed by atoms with Crippen molar-refractivity contribution in [3.8, 4) is 0 Å². The number of carbonyl (C=O) groups is 1. The molecule has 2 aromatic rings. The normalized spacial score (nSPS) is 17.4. The van der Waals surface area contributed by atoms with Crippen molar-refractivity contribution in [3.05, 3.63) is 27.3 Å². The molecule has 2 aliphatic rings. The van der Waals surface area contributed by atoms with E-state index in [9.17, 15) is 4.79 Å². The zero-order valence-corrected chi connectivity index (χ0v) is 15.7. The molecule has 134 valence electrons. The van der Waals surface area contributed by atoms with Crippen molar-refractivity contribution in [1.29, 1.82) is 0 Å². The van der Waals surface area contributed by atoms with Gasteiger partial charge in [0.15, 0.2) is 0 Å². The number of amides is 2. The van der Waals surface area contributed by atoms with Gasteiger partial charge in [0.1, 0.15) is 5.82 Å². The summed E-state index contributed by atoms with van der Waals surface area (Å²) in [6, 6.07) is 0.165. The SMILES string of the molecule is Cc1cnn([C@@H](C)C2CC2)c1NC(=O)NCCc1nc2c(s1)CCC2. The Kier molecular flexibility index (Phi) is 4.50. The number of aryl methyl sites for hydroxylation is 3. The predicted octanol–water partition coefficient (Wildman–Crippen LogP) is 3.47. The number of hydrogen-bond donors (Lipinski definition) is 2. The van der Waals surface area contributed by atoms with Crippen LogP contribution in [-0.4, -0.2) is 27.3 Å². The molecular formula is C18H25N5OS. The van der Waals surface area contributed by atoms with Crippen LogP contribution in [0.1, 0.15) is 53.4 Å². The Hall–Kier alpha value is -1.89. The van der Waals surface area contributed by atoms with Crippen molar-refractivity contribution in [3.63, 3.8) is 0 Å². The number of aromatic nitrogens is 3. The summed E-state index contributed by atoms with van der Waals surface area (Å²) in [6.07, 6.45) is 8.65. The zero-order valence-electron chi connectivity index (χ0n) is 14.8. The maximum Gasteiger partial charge on any atom is 0.320 e. The number of carbonyl (C=O) groups excluding carboxylic acids is 1. The van der Waals surface area contributed by atoms with Gasteiger partial charge in [0.2, 0.25) is 0 Å². The zero-order chi connectivity index (χ0) is 17.4. The largest absolute Gasteiger partial charge is 0.337 e. The highest BCUT2D eigenvalue weighted by Crippen LogP contribution is 2.40. The van der Waals surface area contributed by atoms with Crippen LogP contribution in [0.15, 0.2) is 6.20 Å². The van der Waals surface area contributed by atoms with Gasteiger partial charge in [0, 0.05) is 23.4 Å². The van der Waals surface area contributed by atoms with Gasteiger partial charge in [-0.15, -0.1) is 11.3 Å². The molecule has 0 radical (unpaired) electrons. The van der Waals surface area contributed by atoms with Crippen molar-refractivity contribution in [2.24, 2.45) is 5.92 Å². The van der Waals surface area contributed by atoms with Gasteiger partial charge in [-0.25, -0.2) is 14.5 Å². The van der Waals surface area contributed by atoms with Crippen molar-refractivity contribution >= 4 is 23.2 Å². The summed E-state index contributed by atoms with van der Waals surface area (Å²) in [5.41, 5.74) is 2.28. The lowest BCUT2D eigenvalue weighted by Crippen LogP contribution is -2.32. The van der Waals surface area contributed by atoms with Gasteiger partial charge in [-0.2, -0.15) is 5.10 Å². The van der Waals surface area contributed by atoms with Crippen LogP contribution in [0.3, 0.4) is 0 Å². The Labute approximate surface area is 152 Å². The molecule has 0 aromatic carbocycles. The van der Waals surface area contributed by atoms with Crippen LogP contribution >= 0.6 is 11.3 Å². The first kappa shape index (κ1) is 16.6. The second-order valence-corrected chi connectivity index (χ2v) is 8.33. The van der Waals surface area contributed by atoms with E-state index in [1.165, 1.54) is 36.3 Å². The molecule has 1 saturated carbocycles. The Morgan fingerprint density at radius 2 is 2.28 bits per heavy atom. The second-order valence-electron chi connectivity index (χ2n) is 7.16. The maximum atomic E-state index is 12.3. The van der Waals surface area contributed by atoms with Crippen LogP contribution in [0.25, 0.3) is 0 Å². The monoisotopic (exact) mass is 359 g/mol. The fourth-order valence-corrected chi connectivity index (χ4v) is 4.63. The van der Waals surface area contributed by atoms with Crippen LogP contribution in [-0.2, 0) is 19.3 Å². The van der Waals surface area contributed by atoms with Crippen LogP contribution in [0.4, 0.5) is 10.6 Å². The summed E-state index contributed by atoms with van der Waals surface area (Å²) < 4.78 is 1.96. The lowest BCUT2D eigenvalue weighted by atomic mass is 10.2. The topological polar surface area (TPSA) is 71.8 Å². The van der Waals surface area contributed by atoms with Crippen molar-refractivity contribution in [2.75, 3.05) is 11.9 Å². The van der Waals surface area contributed by atoms with Crippen LogP contribution in [0, 0.1) is 12.8 Å². The van der Waals surface area contributed by atoms with E-state index >= 15 is 0 Å². The van der Waals surface area contributed by atoms with Gasteiger partial charge >= 0.3 is 6.03 Å². The molecule has 1 fully saturated rings. The first-order valence-corrected chi connectivity index (χ1v) is 10.00. The van der Waals surface area contributed by atoms with Crippen molar-refractivity contribution in [2.45, 2.75) is 58.4 Å². The van der Waals surface area contributed by atoms with E-state index in [2.05, 4.69) is 27.6 Å². The molecule has 25 heavy (non-hydrogen) atoms. The second kappa shape index (κ2) is 6.78. The molecule has 7 heteroatoms. The average molecular weight is 359 g/mol. The number of urea groups is 1. The number of hydrogen-bond acceptors (Lipinski definition) is 4. The van der Waals surface area contributed by atoms with Crippen LogP contribution in [0.5, 0.6) is 0 Å². The fourth-order valence-electron chi connectivity index (χ4n) is 3.48. The summed E-state index contributed by atoms with van der Waals surface area (Å²) in [6.45, 7) is 4.76. The molecule has 0 saturated heterocycles. The van der Waals surface area contributed by atoms with E-state index in [1.54, 1.807) is 11.3 Å². The minimum Gasteiger partial charge on any atom is -0.337 e. The maximum absolute atomic E-state index is 12.3. The molecule has 0 aliphatic heterocycles.